The van der Waals surface area contributed by atoms with Crippen molar-refractivity contribution < 1.29 is 4.42 Å². The minimum absolute atomic E-state index is 0.0427. The van der Waals surface area contributed by atoms with Gasteiger partial charge >= 0.3 is 5.63 Å². The highest BCUT2D eigenvalue weighted by molar-refractivity contribution is 5.83. The van der Waals surface area contributed by atoms with Gasteiger partial charge in [0.05, 0.1) is 5.56 Å². The highest BCUT2D eigenvalue weighted by Gasteiger charge is 2.31. The molecule has 3 nitrogen and oxygen atoms in total. The first-order valence-corrected chi connectivity index (χ1v) is 8.87. The average Bonchev–Trinajstić information content (AvgIpc) is 3.07. The maximum Gasteiger partial charge on any atom is 0.344 e. The van der Waals surface area contributed by atoms with Crippen molar-refractivity contribution in [3.05, 3.63) is 82.8 Å². The molecule has 0 fully saturated rings. The molecule has 0 spiro atoms. The molecule has 26 heavy (non-hydrogen) atoms. The molecule has 0 saturated heterocycles. The molecule has 5 rings (SSSR count). The van der Waals surface area contributed by atoms with E-state index in [0.717, 1.165) is 23.1 Å². The third-order valence-electron chi connectivity index (χ3n) is 5.34. The van der Waals surface area contributed by atoms with Gasteiger partial charge in [-0.1, -0.05) is 42.5 Å². The normalized spacial score (nSPS) is 14.8. The molecule has 0 aliphatic carbocycles. The fourth-order valence-electron chi connectivity index (χ4n) is 4.06. The topological polar surface area (TPSA) is 35.1 Å². The van der Waals surface area contributed by atoms with Crippen LogP contribution in [0.4, 0.5) is 0 Å². The van der Waals surface area contributed by atoms with Crippen molar-refractivity contribution in [3.8, 4) is 22.4 Å². The van der Waals surface area contributed by atoms with Crippen LogP contribution in [-0.2, 0) is 12.0 Å². The monoisotopic (exact) mass is 341 g/mol. The van der Waals surface area contributed by atoms with Crippen LogP contribution in [0.15, 0.2) is 76.1 Å². The highest BCUT2D eigenvalue weighted by Crippen LogP contribution is 2.40. The van der Waals surface area contributed by atoms with E-state index in [0.29, 0.717) is 11.1 Å². The average molecular weight is 341 g/mol. The summed E-state index contributed by atoms with van der Waals surface area (Å²) in [6.45, 7) is 4.47. The molecule has 0 unspecified atom stereocenters. The van der Waals surface area contributed by atoms with Crippen LogP contribution < -0.4 is 5.63 Å². The van der Waals surface area contributed by atoms with Crippen molar-refractivity contribution in [2.24, 2.45) is 0 Å². The minimum Gasteiger partial charge on any atom is -0.422 e. The first-order valence-electron chi connectivity index (χ1n) is 8.87. The number of hydrogen-bond donors (Lipinski definition) is 0. The molecular formula is C23H19NO2. The fourth-order valence-corrected chi connectivity index (χ4v) is 4.06. The van der Waals surface area contributed by atoms with Crippen LogP contribution >= 0.6 is 0 Å². The Hall–Kier alpha value is -3.07. The Balaban J connectivity index is 1.76. The summed E-state index contributed by atoms with van der Waals surface area (Å²) in [5.74, 6) is 0. The lowest BCUT2D eigenvalue weighted by Gasteiger charge is -2.35. The van der Waals surface area contributed by atoms with Gasteiger partial charge in [0.15, 0.2) is 0 Å². The van der Waals surface area contributed by atoms with Crippen molar-refractivity contribution in [1.82, 2.24) is 4.57 Å². The molecule has 0 bridgehead atoms. The van der Waals surface area contributed by atoms with Crippen molar-refractivity contribution >= 4 is 11.0 Å². The summed E-state index contributed by atoms with van der Waals surface area (Å²) in [5, 5.41) is 0.936. The summed E-state index contributed by atoms with van der Waals surface area (Å²) in [6.07, 6.45) is 3.06. The molecule has 128 valence electrons. The number of benzene rings is 2. The molecule has 1 aliphatic heterocycles. The van der Waals surface area contributed by atoms with Gasteiger partial charge in [-0.3, -0.25) is 0 Å². The molecule has 3 heteroatoms. The second-order valence-corrected chi connectivity index (χ2v) is 7.62. The first-order chi connectivity index (χ1) is 12.5. The van der Waals surface area contributed by atoms with E-state index in [1.165, 1.54) is 11.1 Å². The number of fused-ring (bicyclic) bond motifs is 4. The van der Waals surface area contributed by atoms with E-state index in [2.05, 4.69) is 54.9 Å². The van der Waals surface area contributed by atoms with Gasteiger partial charge in [0.2, 0.25) is 0 Å². The summed E-state index contributed by atoms with van der Waals surface area (Å²) >= 11 is 0. The summed E-state index contributed by atoms with van der Waals surface area (Å²) in [5.41, 5.74) is 5.54. The van der Waals surface area contributed by atoms with Crippen LogP contribution in [0.5, 0.6) is 0 Å². The van der Waals surface area contributed by atoms with Crippen molar-refractivity contribution in [3.63, 3.8) is 0 Å². The molecule has 0 atom stereocenters. The van der Waals surface area contributed by atoms with Gasteiger partial charge in [-0.05, 0) is 44.0 Å². The zero-order valence-corrected chi connectivity index (χ0v) is 14.8. The van der Waals surface area contributed by atoms with Crippen molar-refractivity contribution in [1.29, 1.82) is 0 Å². The molecule has 0 saturated carbocycles. The zero-order valence-electron chi connectivity index (χ0n) is 14.8. The Kier molecular flexibility index (Phi) is 3.05. The van der Waals surface area contributed by atoms with E-state index in [9.17, 15) is 4.79 Å². The maximum absolute atomic E-state index is 12.6. The van der Waals surface area contributed by atoms with E-state index in [1.54, 1.807) is 0 Å². The summed E-state index contributed by atoms with van der Waals surface area (Å²) in [6, 6.07) is 20.2. The van der Waals surface area contributed by atoms with Crippen LogP contribution in [0.1, 0.15) is 19.4 Å². The van der Waals surface area contributed by atoms with Gasteiger partial charge < -0.3 is 8.98 Å². The van der Waals surface area contributed by atoms with E-state index in [4.69, 9.17) is 4.42 Å². The maximum atomic E-state index is 12.6. The smallest absolute Gasteiger partial charge is 0.344 e. The quantitative estimate of drug-likeness (QED) is 0.445. The van der Waals surface area contributed by atoms with Gasteiger partial charge in [-0.2, -0.15) is 0 Å². The number of rotatable bonds is 1. The number of nitrogens with zero attached hydrogens (tertiary/aromatic N) is 1. The lowest BCUT2D eigenvalue weighted by Crippen LogP contribution is -2.32. The number of hydrogen-bond acceptors (Lipinski definition) is 2. The Bertz CT molecular complexity index is 1210. The van der Waals surface area contributed by atoms with Crippen molar-refractivity contribution in [2.75, 3.05) is 0 Å². The molecular weight excluding hydrogens is 322 g/mol. The predicted molar refractivity (Wildman–Crippen MR) is 104 cm³/mol. The summed E-state index contributed by atoms with van der Waals surface area (Å²) < 4.78 is 7.83. The zero-order chi connectivity index (χ0) is 17.9. The molecule has 3 heterocycles. The van der Waals surface area contributed by atoms with Gasteiger partial charge in [-0.25, -0.2) is 4.79 Å². The third kappa shape index (κ3) is 2.17. The first kappa shape index (κ1) is 15.2. The standard InChI is InChI=1S/C23H19NO2/c1-23(2)13-16-8-3-5-9-18(16)20-12-17(14-24(20)23)19-11-15-7-4-6-10-21(15)26-22(19)25/h3-12,14H,13H2,1-2H3. The third-order valence-corrected chi connectivity index (χ3v) is 5.34. The molecule has 0 radical (unpaired) electrons. The van der Waals surface area contributed by atoms with E-state index >= 15 is 0 Å². The fraction of sp³-hybridized carbons (Fsp3) is 0.174. The molecule has 4 aromatic rings. The molecule has 1 aliphatic rings. The molecule has 0 N–H and O–H groups in total. The summed E-state index contributed by atoms with van der Waals surface area (Å²) in [7, 11) is 0. The van der Waals surface area contributed by atoms with E-state index < -0.39 is 0 Å². The van der Waals surface area contributed by atoms with Gasteiger partial charge in [0.25, 0.3) is 0 Å². The van der Waals surface area contributed by atoms with Gasteiger partial charge in [0.1, 0.15) is 5.58 Å². The lowest BCUT2D eigenvalue weighted by molar-refractivity contribution is 0.350. The second-order valence-electron chi connectivity index (χ2n) is 7.62. The van der Waals surface area contributed by atoms with Crippen LogP contribution in [0.2, 0.25) is 0 Å². The van der Waals surface area contributed by atoms with E-state index in [-0.39, 0.29) is 11.2 Å². The second kappa shape index (κ2) is 5.21. The van der Waals surface area contributed by atoms with Gasteiger partial charge in [0, 0.05) is 33.9 Å². The van der Waals surface area contributed by atoms with Crippen LogP contribution in [-0.4, -0.2) is 4.57 Å². The Morgan fingerprint density at radius 1 is 0.962 bits per heavy atom. The van der Waals surface area contributed by atoms with Crippen molar-refractivity contribution in [2.45, 2.75) is 25.8 Å². The van der Waals surface area contributed by atoms with Crippen LogP contribution in [0.3, 0.4) is 0 Å². The Morgan fingerprint density at radius 2 is 1.73 bits per heavy atom. The van der Waals surface area contributed by atoms with Crippen LogP contribution in [0.25, 0.3) is 33.4 Å². The largest absolute Gasteiger partial charge is 0.422 e. The Labute approximate surface area is 151 Å². The highest BCUT2D eigenvalue weighted by atomic mass is 16.4. The predicted octanol–water partition coefficient (Wildman–Crippen LogP) is 5.22. The SMILES string of the molecule is CC1(C)Cc2ccccc2-c2cc(-c3cc4ccccc4oc3=O)cn21. The van der Waals surface area contributed by atoms with Crippen LogP contribution in [0, 0.1) is 0 Å². The molecule has 2 aromatic carbocycles. The van der Waals surface area contributed by atoms with Gasteiger partial charge in [-0.15, -0.1) is 0 Å². The number of aromatic nitrogens is 1. The molecule has 2 aromatic heterocycles. The molecule has 0 amide bonds. The minimum atomic E-state index is -0.294. The Morgan fingerprint density at radius 3 is 2.62 bits per heavy atom. The summed E-state index contributed by atoms with van der Waals surface area (Å²) in [4.78, 5) is 12.6. The number of para-hydroxylation sites is 1. The van der Waals surface area contributed by atoms with E-state index in [1.807, 2.05) is 30.3 Å². The lowest BCUT2D eigenvalue weighted by atomic mass is 9.86.